The van der Waals surface area contributed by atoms with Gasteiger partial charge in [0.15, 0.2) is 0 Å². The van der Waals surface area contributed by atoms with Crippen LogP contribution >= 0.6 is 0 Å². The van der Waals surface area contributed by atoms with Gasteiger partial charge in [-0.15, -0.1) is 5.10 Å². The molecule has 0 atom stereocenters. The summed E-state index contributed by atoms with van der Waals surface area (Å²) in [5.41, 5.74) is -0.374. The monoisotopic (exact) mass is 270 g/mol. The maximum atomic E-state index is 13.1. The Morgan fingerprint density at radius 1 is 1.32 bits per heavy atom. The number of hydrogen-bond acceptors (Lipinski definition) is 5. The molecule has 2 rings (SSSR count). The standard InChI is InChI=1S/C11H12F2N4O2/c1-11(12,13)8-5-10(17(2)16-8)19-9-4-7(18-3)6-14-15-9/h4-6H,1-3H3. The molecule has 6 nitrogen and oxygen atoms in total. The first kappa shape index (κ1) is 13.2. The van der Waals surface area contributed by atoms with Crippen molar-refractivity contribution in [1.29, 1.82) is 0 Å². The molecule has 0 aliphatic carbocycles. The summed E-state index contributed by atoms with van der Waals surface area (Å²) >= 11 is 0. The van der Waals surface area contributed by atoms with Gasteiger partial charge in [-0.05, 0) is 0 Å². The summed E-state index contributed by atoms with van der Waals surface area (Å²) in [6.45, 7) is 0.768. The maximum absolute atomic E-state index is 13.1. The van der Waals surface area contributed by atoms with Crippen LogP contribution in [0.3, 0.4) is 0 Å². The molecule has 8 heteroatoms. The molecule has 0 aliphatic rings. The molecule has 19 heavy (non-hydrogen) atoms. The first-order valence-electron chi connectivity index (χ1n) is 5.37. The van der Waals surface area contributed by atoms with E-state index in [1.54, 1.807) is 0 Å². The minimum atomic E-state index is -3.03. The first-order valence-corrected chi connectivity index (χ1v) is 5.37. The zero-order valence-corrected chi connectivity index (χ0v) is 10.6. The van der Waals surface area contributed by atoms with Crippen LogP contribution < -0.4 is 9.47 Å². The molecule has 0 spiro atoms. The minimum absolute atomic E-state index is 0.133. The van der Waals surface area contributed by atoms with E-state index in [-0.39, 0.29) is 17.5 Å². The van der Waals surface area contributed by atoms with Gasteiger partial charge in [0, 0.05) is 26.1 Å². The summed E-state index contributed by atoms with van der Waals surface area (Å²) in [4.78, 5) is 0. The van der Waals surface area contributed by atoms with Gasteiger partial charge in [-0.2, -0.15) is 19.0 Å². The van der Waals surface area contributed by atoms with Crippen molar-refractivity contribution in [3.8, 4) is 17.5 Å². The molecule has 0 radical (unpaired) electrons. The molecule has 2 heterocycles. The molecule has 2 aromatic heterocycles. The molecular formula is C11H12F2N4O2. The zero-order valence-electron chi connectivity index (χ0n) is 10.6. The van der Waals surface area contributed by atoms with Crippen LogP contribution in [0.2, 0.25) is 0 Å². The molecule has 0 aromatic carbocycles. The molecule has 0 unspecified atom stereocenters. The van der Waals surface area contributed by atoms with Crippen molar-refractivity contribution >= 4 is 0 Å². The van der Waals surface area contributed by atoms with E-state index in [0.29, 0.717) is 5.75 Å². The number of aromatic nitrogens is 4. The fraction of sp³-hybridized carbons (Fsp3) is 0.364. The van der Waals surface area contributed by atoms with Gasteiger partial charge in [0.25, 0.3) is 5.92 Å². The van der Waals surface area contributed by atoms with Crippen molar-refractivity contribution < 1.29 is 18.3 Å². The Kier molecular flexibility index (Phi) is 3.32. The van der Waals surface area contributed by atoms with Crippen LogP contribution in [-0.4, -0.2) is 27.1 Å². The highest BCUT2D eigenvalue weighted by molar-refractivity contribution is 5.27. The average Bonchev–Trinajstić information content (AvgIpc) is 2.71. The van der Waals surface area contributed by atoms with E-state index in [1.165, 1.54) is 31.1 Å². The van der Waals surface area contributed by atoms with Gasteiger partial charge in [0.1, 0.15) is 11.4 Å². The Hall–Kier alpha value is -2.25. The first-order chi connectivity index (χ1) is 8.90. The summed E-state index contributed by atoms with van der Waals surface area (Å²) in [5.74, 6) is -2.31. The predicted molar refractivity (Wildman–Crippen MR) is 61.4 cm³/mol. The van der Waals surface area contributed by atoms with Crippen molar-refractivity contribution in [2.75, 3.05) is 7.11 Å². The van der Waals surface area contributed by atoms with Crippen molar-refractivity contribution in [3.63, 3.8) is 0 Å². The van der Waals surface area contributed by atoms with Crippen LogP contribution in [-0.2, 0) is 13.0 Å². The van der Waals surface area contributed by atoms with Gasteiger partial charge in [0.05, 0.1) is 13.3 Å². The molecule has 0 aliphatic heterocycles. The fourth-order valence-corrected chi connectivity index (χ4v) is 1.36. The Morgan fingerprint density at radius 2 is 2.05 bits per heavy atom. The summed E-state index contributed by atoms with van der Waals surface area (Å²) in [5, 5.41) is 11.1. The lowest BCUT2D eigenvalue weighted by molar-refractivity contribution is 0.0122. The smallest absolute Gasteiger partial charge is 0.288 e. The summed E-state index contributed by atoms with van der Waals surface area (Å²) in [6.07, 6.45) is 1.40. The third-order valence-corrected chi connectivity index (χ3v) is 2.34. The Bertz CT molecular complexity index is 580. The molecule has 0 bridgehead atoms. The van der Waals surface area contributed by atoms with Gasteiger partial charge in [-0.3, -0.25) is 0 Å². The second-order valence-corrected chi connectivity index (χ2v) is 3.92. The lowest BCUT2D eigenvalue weighted by Crippen LogP contribution is -2.08. The molecule has 0 fully saturated rings. The van der Waals surface area contributed by atoms with Gasteiger partial charge in [-0.25, -0.2) is 4.68 Å². The molecule has 0 saturated heterocycles. The Balaban J connectivity index is 2.26. The van der Waals surface area contributed by atoms with Crippen molar-refractivity contribution in [1.82, 2.24) is 20.0 Å². The SMILES string of the molecule is COc1cnnc(Oc2cc(C(C)(F)F)nn2C)c1. The fourth-order valence-electron chi connectivity index (χ4n) is 1.36. The number of rotatable bonds is 4. The normalized spacial score (nSPS) is 11.4. The summed E-state index contributed by atoms with van der Waals surface area (Å²) in [7, 11) is 2.97. The molecule has 0 amide bonds. The minimum Gasteiger partial charge on any atom is -0.495 e. The van der Waals surface area contributed by atoms with E-state index in [0.717, 1.165) is 13.0 Å². The van der Waals surface area contributed by atoms with Crippen molar-refractivity contribution in [3.05, 3.63) is 24.0 Å². The van der Waals surface area contributed by atoms with Crippen LogP contribution in [0.1, 0.15) is 12.6 Å². The lowest BCUT2D eigenvalue weighted by atomic mass is 10.3. The van der Waals surface area contributed by atoms with E-state index >= 15 is 0 Å². The lowest BCUT2D eigenvalue weighted by Gasteiger charge is -2.04. The van der Waals surface area contributed by atoms with Crippen LogP contribution in [0.4, 0.5) is 8.78 Å². The third-order valence-electron chi connectivity index (χ3n) is 2.34. The average molecular weight is 270 g/mol. The Morgan fingerprint density at radius 3 is 2.63 bits per heavy atom. The van der Waals surface area contributed by atoms with Crippen LogP contribution in [0.15, 0.2) is 18.3 Å². The summed E-state index contributed by atoms with van der Waals surface area (Å²) < 4.78 is 37.8. The predicted octanol–water partition coefficient (Wildman–Crippen LogP) is 2.12. The number of aryl methyl sites for hydroxylation is 1. The number of halogens is 2. The van der Waals surface area contributed by atoms with Crippen LogP contribution in [0, 0.1) is 0 Å². The molecule has 0 saturated carbocycles. The topological polar surface area (TPSA) is 62.1 Å². The zero-order chi connectivity index (χ0) is 14.0. The van der Waals surface area contributed by atoms with Gasteiger partial charge in [-0.1, -0.05) is 0 Å². The summed E-state index contributed by atoms with van der Waals surface area (Å²) in [6, 6.07) is 2.64. The number of nitrogens with zero attached hydrogens (tertiary/aromatic N) is 4. The third kappa shape index (κ3) is 2.95. The number of alkyl halides is 2. The van der Waals surface area contributed by atoms with Crippen molar-refractivity contribution in [2.45, 2.75) is 12.8 Å². The van der Waals surface area contributed by atoms with Crippen LogP contribution in [0.5, 0.6) is 17.5 Å². The highest BCUT2D eigenvalue weighted by atomic mass is 19.3. The van der Waals surface area contributed by atoms with E-state index in [9.17, 15) is 8.78 Å². The van der Waals surface area contributed by atoms with E-state index < -0.39 is 5.92 Å². The molecule has 102 valence electrons. The van der Waals surface area contributed by atoms with Crippen LogP contribution in [0.25, 0.3) is 0 Å². The van der Waals surface area contributed by atoms with E-state index in [1.807, 2.05) is 0 Å². The highest BCUT2D eigenvalue weighted by Crippen LogP contribution is 2.30. The molecule has 0 N–H and O–H groups in total. The number of methoxy groups -OCH3 is 1. The van der Waals surface area contributed by atoms with E-state index in [2.05, 4.69) is 15.3 Å². The van der Waals surface area contributed by atoms with Gasteiger partial charge in [0.2, 0.25) is 11.8 Å². The second kappa shape index (κ2) is 4.79. The molecule has 2 aromatic rings. The maximum Gasteiger partial charge on any atom is 0.288 e. The largest absolute Gasteiger partial charge is 0.495 e. The number of ether oxygens (including phenoxy) is 2. The number of hydrogen-bond donors (Lipinski definition) is 0. The van der Waals surface area contributed by atoms with Crippen molar-refractivity contribution in [2.24, 2.45) is 7.05 Å². The highest BCUT2D eigenvalue weighted by Gasteiger charge is 2.29. The molecular weight excluding hydrogens is 258 g/mol. The van der Waals surface area contributed by atoms with Gasteiger partial charge >= 0.3 is 0 Å². The van der Waals surface area contributed by atoms with E-state index in [4.69, 9.17) is 9.47 Å². The quantitative estimate of drug-likeness (QED) is 0.851. The Labute approximate surface area is 108 Å². The second-order valence-electron chi connectivity index (χ2n) is 3.92. The van der Waals surface area contributed by atoms with Gasteiger partial charge < -0.3 is 9.47 Å².